The van der Waals surface area contributed by atoms with Gasteiger partial charge in [-0.15, -0.1) is 0 Å². The summed E-state index contributed by atoms with van der Waals surface area (Å²) < 4.78 is 26.1. The molecule has 0 aromatic heterocycles. The van der Waals surface area contributed by atoms with Crippen LogP contribution < -0.4 is 5.32 Å². The molecule has 18 heavy (non-hydrogen) atoms. The second-order valence-corrected chi connectivity index (χ2v) is 3.74. The summed E-state index contributed by atoms with van der Waals surface area (Å²) in [5, 5.41) is 10.8. The molecule has 0 radical (unpaired) electrons. The van der Waals surface area contributed by atoms with Gasteiger partial charge in [0.25, 0.3) is 0 Å². The first-order valence-corrected chi connectivity index (χ1v) is 5.42. The van der Waals surface area contributed by atoms with Gasteiger partial charge in [0.1, 0.15) is 0 Å². The zero-order chi connectivity index (χ0) is 13.5. The molecular formula is C12H13F2NO3. The summed E-state index contributed by atoms with van der Waals surface area (Å²) in [6, 6.07) is 3.63. The molecule has 1 amide bonds. The van der Waals surface area contributed by atoms with Gasteiger partial charge in [0.05, 0.1) is 6.42 Å². The molecule has 4 nitrogen and oxygen atoms in total. The summed E-state index contributed by atoms with van der Waals surface area (Å²) in [6.45, 7) is 0.196. The summed E-state index contributed by atoms with van der Waals surface area (Å²) >= 11 is 0. The van der Waals surface area contributed by atoms with Gasteiger partial charge in [-0.05, 0) is 12.5 Å². The van der Waals surface area contributed by atoms with E-state index in [2.05, 4.69) is 5.32 Å². The Kier molecular flexibility index (Phi) is 5.23. The van der Waals surface area contributed by atoms with Crippen LogP contribution in [0.3, 0.4) is 0 Å². The highest BCUT2D eigenvalue weighted by molar-refractivity contribution is 5.78. The van der Waals surface area contributed by atoms with E-state index in [9.17, 15) is 18.4 Å². The van der Waals surface area contributed by atoms with Gasteiger partial charge in [-0.2, -0.15) is 0 Å². The Morgan fingerprint density at radius 3 is 2.67 bits per heavy atom. The van der Waals surface area contributed by atoms with Gasteiger partial charge < -0.3 is 10.4 Å². The lowest BCUT2D eigenvalue weighted by Gasteiger charge is -2.05. The minimum atomic E-state index is -1.03. The number of aliphatic carboxylic acids is 1. The fourth-order valence-electron chi connectivity index (χ4n) is 1.39. The fourth-order valence-corrected chi connectivity index (χ4v) is 1.39. The summed E-state index contributed by atoms with van der Waals surface area (Å²) in [7, 11) is 0. The minimum absolute atomic E-state index is 0.0225. The molecule has 0 fully saturated rings. The molecule has 1 rings (SSSR count). The SMILES string of the molecule is O=C(O)CCCNC(=O)Cc1cccc(F)c1F. The van der Waals surface area contributed by atoms with Gasteiger partial charge >= 0.3 is 5.97 Å². The van der Waals surface area contributed by atoms with Crippen LogP contribution in [-0.2, 0) is 16.0 Å². The van der Waals surface area contributed by atoms with Crippen molar-refractivity contribution >= 4 is 11.9 Å². The van der Waals surface area contributed by atoms with Crippen LogP contribution >= 0.6 is 0 Å². The number of hydrogen-bond donors (Lipinski definition) is 2. The van der Waals surface area contributed by atoms with E-state index in [1.807, 2.05) is 0 Å². The largest absolute Gasteiger partial charge is 0.481 e. The van der Waals surface area contributed by atoms with E-state index in [0.29, 0.717) is 6.42 Å². The number of benzene rings is 1. The smallest absolute Gasteiger partial charge is 0.303 e. The van der Waals surface area contributed by atoms with Crippen molar-refractivity contribution in [3.05, 3.63) is 35.4 Å². The van der Waals surface area contributed by atoms with E-state index in [-0.39, 0.29) is 24.9 Å². The molecular weight excluding hydrogens is 244 g/mol. The molecule has 0 heterocycles. The van der Waals surface area contributed by atoms with Crippen molar-refractivity contribution in [2.24, 2.45) is 0 Å². The van der Waals surface area contributed by atoms with Crippen molar-refractivity contribution < 1.29 is 23.5 Å². The first kappa shape index (κ1) is 14.1. The normalized spacial score (nSPS) is 10.1. The van der Waals surface area contributed by atoms with E-state index in [0.717, 1.165) is 6.07 Å². The highest BCUT2D eigenvalue weighted by atomic mass is 19.2. The molecule has 0 bridgehead atoms. The van der Waals surface area contributed by atoms with E-state index in [4.69, 9.17) is 5.11 Å². The van der Waals surface area contributed by atoms with Crippen LogP contribution in [0, 0.1) is 11.6 Å². The number of hydrogen-bond acceptors (Lipinski definition) is 2. The predicted octanol–water partition coefficient (Wildman–Crippen LogP) is 1.49. The molecule has 0 saturated carbocycles. The third-order valence-corrected chi connectivity index (χ3v) is 2.27. The zero-order valence-corrected chi connectivity index (χ0v) is 9.58. The van der Waals surface area contributed by atoms with Crippen molar-refractivity contribution in [1.82, 2.24) is 5.32 Å². The second-order valence-electron chi connectivity index (χ2n) is 3.74. The number of carboxylic acids is 1. The highest BCUT2D eigenvalue weighted by Crippen LogP contribution is 2.11. The van der Waals surface area contributed by atoms with Crippen LogP contribution in [0.15, 0.2) is 18.2 Å². The van der Waals surface area contributed by atoms with Gasteiger partial charge in [0.2, 0.25) is 5.91 Å². The number of nitrogens with one attached hydrogen (secondary N) is 1. The van der Waals surface area contributed by atoms with Crippen LogP contribution in [0.5, 0.6) is 0 Å². The molecule has 0 aliphatic rings. The van der Waals surface area contributed by atoms with Crippen molar-refractivity contribution in [2.45, 2.75) is 19.3 Å². The molecule has 1 aromatic rings. The predicted molar refractivity (Wildman–Crippen MR) is 59.9 cm³/mol. The average molecular weight is 257 g/mol. The van der Waals surface area contributed by atoms with Gasteiger partial charge in [-0.3, -0.25) is 9.59 Å². The summed E-state index contributed by atoms with van der Waals surface area (Å²) in [5.41, 5.74) is -0.0225. The molecule has 0 spiro atoms. The lowest BCUT2D eigenvalue weighted by Crippen LogP contribution is -2.26. The maximum Gasteiger partial charge on any atom is 0.303 e. The van der Waals surface area contributed by atoms with E-state index < -0.39 is 23.5 Å². The van der Waals surface area contributed by atoms with Gasteiger partial charge in [-0.25, -0.2) is 8.78 Å². The van der Waals surface area contributed by atoms with Crippen LogP contribution in [-0.4, -0.2) is 23.5 Å². The van der Waals surface area contributed by atoms with Gasteiger partial charge in [0.15, 0.2) is 11.6 Å². The molecule has 6 heteroatoms. The minimum Gasteiger partial charge on any atom is -0.481 e. The third kappa shape index (κ3) is 4.48. The lowest BCUT2D eigenvalue weighted by atomic mass is 10.1. The Morgan fingerprint density at radius 1 is 1.28 bits per heavy atom. The Labute approximate surface area is 103 Å². The third-order valence-electron chi connectivity index (χ3n) is 2.27. The van der Waals surface area contributed by atoms with Crippen LogP contribution in [0.2, 0.25) is 0 Å². The van der Waals surface area contributed by atoms with Crippen molar-refractivity contribution in [2.75, 3.05) is 6.54 Å². The fraction of sp³-hybridized carbons (Fsp3) is 0.333. The maximum absolute atomic E-state index is 13.2. The molecule has 0 atom stereocenters. The quantitative estimate of drug-likeness (QED) is 0.759. The Balaban J connectivity index is 2.40. The van der Waals surface area contributed by atoms with E-state index in [1.165, 1.54) is 12.1 Å². The van der Waals surface area contributed by atoms with Crippen LogP contribution in [0.1, 0.15) is 18.4 Å². The summed E-state index contributed by atoms with van der Waals surface area (Å²) in [6.07, 6.45) is -0.0159. The van der Waals surface area contributed by atoms with Gasteiger partial charge in [0, 0.05) is 18.5 Å². The second kappa shape index (κ2) is 6.68. The van der Waals surface area contributed by atoms with Crippen molar-refractivity contribution in [3.63, 3.8) is 0 Å². The van der Waals surface area contributed by atoms with Crippen LogP contribution in [0.4, 0.5) is 8.78 Å². The molecule has 0 saturated heterocycles. The maximum atomic E-state index is 13.2. The molecule has 98 valence electrons. The Morgan fingerprint density at radius 2 is 2.00 bits per heavy atom. The number of carboxylic acid groups (broad SMARTS) is 1. The topological polar surface area (TPSA) is 66.4 Å². The number of amides is 1. The highest BCUT2D eigenvalue weighted by Gasteiger charge is 2.11. The lowest BCUT2D eigenvalue weighted by molar-refractivity contribution is -0.137. The first-order chi connectivity index (χ1) is 8.50. The van der Waals surface area contributed by atoms with E-state index >= 15 is 0 Å². The van der Waals surface area contributed by atoms with Crippen molar-refractivity contribution in [3.8, 4) is 0 Å². The molecule has 2 N–H and O–H groups in total. The summed E-state index contributed by atoms with van der Waals surface area (Å²) in [5.74, 6) is -3.44. The number of halogens is 2. The number of rotatable bonds is 6. The summed E-state index contributed by atoms with van der Waals surface area (Å²) in [4.78, 5) is 21.6. The Bertz CT molecular complexity index is 449. The molecule has 1 aromatic carbocycles. The standard InChI is InChI=1S/C12H13F2NO3/c13-9-4-1-3-8(12(9)14)7-10(16)15-6-2-5-11(17)18/h1,3-4H,2,5-7H2,(H,15,16)(H,17,18). The van der Waals surface area contributed by atoms with Crippen molar-refractivity contribution in [1.29, 1.82) is 0 Å². The number of carbonyl (C=O) groups is 2. The molecule has 0 aliphatic carbocycles. The average Bonchev–Trinajstić information content (AvgIpc) is 2.30. The molecule has 0 unspecified atom stereocenters. The zero-order valence-electron chi connectivity index (χ0n) is 9.58. The van der Waals surface area contributed by atoms with Gasteiger partial charge in [-0.1, -0.05) is 12.1 Å². The van der Waals surface area contributed by atoms with Crippen LogP contribution in [0.25, 0.3) is 0 Å². The molecule has 0 aliphatic heterocycles. The van der Waals surface area contributed by atoms with E-state index in [1.54, 1.807) is 0 Å². The number of carbonyl (C=O) groups excluding carboxylic acids is 1. The first-order valence-electron chi connectivity index (χ1n) is 5.42. The monoisotopic (exact) mass is 257 g/mol. The Hall–Kier alpha value is -1.98.